The molecule has 3 heteroatoms. The van der Waals surface area contributed by atoms with E-state index in [-0.39, 0.29) is 0 Å². The lowest BCUT2D eigenvalue weighted by atomic mass is 10.1. The van der Waals surface area contributed by atoms with Gasteiger partial charge in [-0.25, -0.2) is 5.10 Å². The Kier molecular flexibility index (Phi) is 1.28. The van der Waals surface area contributed by atoms with Gasteiger partial charge in [0.1, 0.15) is 0 Å². The Bertz CT molecular complexity index is 122. The van der Waals surface area contributed by atoms with E-state index >= 15 is 0 Å². The topological polar surface area (TPSA) is 15.6 Å². The molecule has 0 amide bonds. The SMILES string of the molecule is [B]N1N=C(C)CC1C. The molecule has 2 radical (unpaired) electrons. The van der Waals surface area contributed by atoms with E-state index in [1.807, 2.05) is 6.92 Å². The average Bonchev–Trinajstić information content (AvgIpc) is 1.85. The largest absolute Gasteiger partial charge is 0.350 e. The van der Waals surface area contributed by atoms with Crippen LogP contribution in [0.5, 0.6) is 0 Å². The van der Waals surface area contributed by atoms with E-state index in [2.05, 4.69) is 12.0 Å². The minimum Gasteiger partial charge on any atom is -0.350 e. The molecule has 0 aromatic rings. The number of hydrogen-bond acceptors (Lipinski definition) is 2. The predicted octanol–water partition coefficient (Wildman–Crippen LogP) is 0.540. The smallest absolute Gasteiger partial charge is 0.256 e. The van der Waals surface area contributed by atoms with Crippen molar-refractivity contribution in [2.75, 3.05) is 0 Å². The van der Waals surface area contributed by atoms with Crippen molar-refractivity contribution < 1.29 is 0 Å². The number of nitrogens with zero attached hydrogens (tertiary/aromatic N) is 2. The Hall–Kier alpha value is -0.465. The van der Waals surface area contributed by atoms with Crippen LogP contribution in [0.2, 0.25) is 0 Å². The first-order chi connectivity index (χ1) is 3.70. The van der Waals surface area contributed by atoms with Gasteiger partial charge >= 0.3 is 0 Å². The first-order valence-corrected chi connectivity index (χ1v) is 2.78. The van der Waals surface area contributed by atoms with Crippen LogP contribution in [0.1, 0.15) is 20.3 Å². The highest BCUT2D eigenvalue weighted by Gasteiger charge is 2.13. The van der Waals surface area contributed by atoms with Crippen molar-refractivity contribution in [1.82, 2.24) is 4.92 Å². The van der Waals surface area contributed by atoms with Crippen molar-refractivity contribution >= 4 is 13.7 Å². The Morgan fingerprint density at radius 1 is 1.88 bits per heavy atom. The first kappa shape index (κ1) is 5.67. The van der Waals surface area contributed by atoms with E-state index in [4.69, 9.17) is 7.98 Å². The van der Waals surface area contributed by atoms with Crippen LogP contribution in [-0.2, 0) is 0 Å². The third-order valence-electron chi connectivity index (χ3n) is 1.33. The van der Waals surface area contributed by atoms with E-state index in [9.17, 15) is 0 Å². The molecule has 1 unspecified atom stereocenters. The van der Waals surface area contributed by atoms with Gasteiger partial charge in [-0.15, -0.1) is 0 Å². The van der Waals surface area contributed by atoms with Gasteiger partial charge in [0.05, 0.1) is 0 Å². The number of hydrazone groups is 1. The molecule has 1 heterocycles. The molecule has 8 heavy (non-hydrogen) atoms. The maximum atomic E-state index is 5.41. The Morgan fingerprint density at radius 3 is 2.62 bits per heavy atom. The molecule has 42 valence electrons. The van der Waals surface area contributed by atoms with Gasteiger partial charge in [0.25, 0.3) is 7.98 Å². The van der Waals surface area contributed by atoms with Gasteiger partial charge in [-0.1, -0.05) is 0 Å². The maximum absolute atomic E-state index is 5.41. The molecular formula is C5H9BN2. The summed E-state index contributed by atoms with van der Waals surface area (Å²) in [4.78, 5) is 1.51. The summed E-state index contributed by atoms with van der Waals surface area (Å²) < 4.78 is 0. The van der Waals surface area contributed by atoms with Crippen LogP contribution >= 0.6 is 0 Å². The minimum absolute atomic E-state index is 0.398. The molecule has 0 bridgehead atoms. The fourth-order valence-corrected chi connectivity index (χ4v) is 0.858. The zero-order valence-corrected chi connectivity index (χ0v) is 5.26. The third kappa shape index (κ3) is 0.856. The second-order valence-corrected chi connectivity index (χ2v) is 2.27. The Morgan fingerprint density at radius 2 is 2.50 bits per heavy atom. The highest BCUT2D eigenvalue weighted by atomic mass is 15.4. The van der Waals surface area contributed by atoms with Crippen LogP contribution in [0.15, 0.2) is 5.10 Å². The highest BCUT2D eigenvalue weighted by molar-refractivity contribution is 6.06. The van der Waals surface area contributed by atoms with E-state index in [0.29, 0.717) is 6.04 Å². The summed E-state index contributed by atoms with van der Waals surface area (Å²) in [5.41, 5.74) is 1.13. The lowest BCUT2D eigenvalue weighted by Crippen LogP contribution is -2.19. The zero-order valence-electron chi connectivity index (χ0n) is 5.26. The molecule has 0 N–H and O–H groups in total. The molecule has 2 nitrogen and oxygen atoms in total. The molecule has 1 aliphatic rings. The molecule has 0 aromatic heterocycles. The van der Waals surface area contributed by atoms with Crippen molar-refractivity contribution in [3.05, 3.63) is 0 Å². The van der Waals surface area contributed by atoms with Crippen LogP contribution < -0.4 is 0 Å². The molecule has 0 fully saturated rings. The molecule has 1 rings (SSSR count). The summed E-state index contributed by atoms with van der Waals surface area (Å²) in [6.07, 6.45) is 1.01. The molecular weight excluding hydrogens is 98.9 g/mol. The number of rotatable bonds is 0. The highest BCUT2D eigenvalue weighted by Crippen LogP contribution is 2.09. The minimum atomic E-state index is 0.398. The Labute approximate surface area is 51.0 Å². The van der Waals surface area contributed by atoms with E-state index in [0.717, 1.165) is 12.1 Å². The van der Waals surface area contributed by atoms with E-state index in [1.165, 1.54) is 4.92 Å². The van der Waals surface area contributed by atoms with Gasteiger partial charge in [0.15, 0.2) is 0 Å². The van der Waals surface area contributed by atoms with Crippen molar-refractivity contribution in [2.45, 2.75) is 26.3 Å². The Balaban J connectivity index is 2.56. The molecule has 1 atom stereocenters. The van der Waals surface area contributed by atoms with Gasteiger partial charge < -0.3 is 4.92 Å². The van der Waals surface area contributed by atoms with Crippen LogP contribution in [0.4, 0.5) is 0 Å². The molecule has 0 spiro atoms. The summed E-state index contributed by atoms with van der Waals surface area (Å²) in [6, 6.07) is 0.398. The lowest BCUT2D eigenvalue weighted by Gasteiger charge is -2.12. The molecule has 0 aromatic carbocycles. The average molecular weight is 108 g/mol. The summed E-state index contributed by atoms with van der Waals surface area (Å²) in [5, 5.41) is 4.00. The molecule has 0 saturated heterocycles. The van der Waals surface area contributed by atoms with E-state index in [1.54, 1.807) is 0 Å². The second-order valence-electron chi connectivity index (χ2n) is 2.27. The van der Waals surface area contributed by atoms with Crippen molar-refractivity contribution in [2.24, 2.45) is 5.10 Å². The summed E-state index contributed by atoms with van der Waals surface area (Å²) >= 11 is 0. The second kappa shape index (κ2) is 1.80. The van der Waals surface area contributed by atoms with E-state index < -0.39 is 0 Å². The number of hydrogen-bond donors (Lipinski definition) is 0. The summed E-state index contributed by atoms with van der Waals surface area (Å²) in [7, 11) is 5.41. The van der Waals surface area contributed by atoms with Gasteiger partial charge in [-0.05, 0) is 13.8 Å². The van der Waals surface area contributed by atoms with Crippen molar-refractivity contribution in [1.29, 1.82) is 0 Å². The van der Waals surface area contributed by atoms with Gasteiger partial charge in [-0.2, -0.15) is 0 Å². The van der Waals surface area contributed by atoms with Crippen LogP contribution in [0.3, 0.4) is 0 Å². The van der Waals surface area contributed by atoms with Crippen LogP contribution in [0, 0.1) is 0 Å². The van der Waals surface area contributed by atoms with Crippen molar-refractivity contribution in [3.8, 4) is 0 Å². The lowest BCUT2D eigenvalue weighted by molar-refractivity contribution is 0.418. The standard InChI is InChI=1S/C5H9BN2/c1-4-3-5(2)8(6)7-4/h5H,3H2,1-2H3. The predicted molar refractivity (Wildman–Crippen MR) is 34.8 cm³/mol. The summed E-state index contributed by atoms with van der Waals surface area (Å²) in [6.45, 7) is 4.04. The maximum Gasteiger partial charge on any atom is 0.256 e. The first-order valence-electron chi connectivity index (χ1n) is 2.78. The molecule has 1 aliphatic heterocycles. The normalized spacial score (nSPS) is 28.5. The van der Waals surface area contributed by atoms with Crippen LogP contribution in [0.25, 0.3) is 0 Å². The monoisotopic (exact) mass is 108 g/mol. The van der Waals surface area contributed by atoms with Gasteiger partial charge in [0, 0.05) is 18.2 Å². The fraction of sp³-hybridized carbons (Fsp3) is 0.800. The fourth-order valence-electron chi connectivity index (χ4n) is 0.858. The van der Waals surface area contributed by atoms with Crippen molar-refractivity contribution in [3.63, 3.8) is 0 Å². The molecule has 0 aliphatic carbocycles. The van der Waals surface area contributed by atoms with Crippen LogP contribution in [-0.4, -0.2) is 24.7 Å². The quantitative estimate of drug-likeness (QED) is 0.413. The zero-order chi connectivity index (χ0) is 6.15. The third-order valence-corrected chi connectivity index (χ3v) is 1.33. The summed E-state index contributed by atoms with van der Waals surface area (Å²) in [5.74, 6) is 0. The molecule has 0 saturated carbocycles. The van der Waals surface area contributed by atoms with Gasteiger partial charge in [-0.3, -0.25) is 0 Å². The van der Waals surface area contributed by atoms with Gasteiger partial charge in [0.2, 0.25) is 0 Å².